The summed E-state index contributed by atoms with van der Waals surface area (Å²) in [5.41, 5.74) is 0. The summed E-state index contributed by atoms with van der Waals surface area (Å²) in [4.78, 5) is 6.75. The van der Waals surface area contributed by atoms with E-state index in [-0.39, 0.29) is 0 Å². The summed E-state index contributed by atoms with van der Waals surface area (Å²) < 4.78 is 1.02. The molecule has 2 heterocycles. The summed E-state index contributed by atoms with van der Waals surface area (Å²) in [6.45, 7) is 3.44. The van der Waals surface area contributed by atoms with E-state index in [4.69, 9.17) is 0 Å². The molecule has 2 rings (SSSR count). The highest BCUT2D eigenvalue weighted by Crippen LogP contribution is 2.19. The Morgan fingerprint density at radius 2 is 2.31 bits per heavy atom. The number of piperidine rings is 1. The van der Waals surface area contributed by atoms with E-state index in [1.807, 2.05) is 18.3 Å². The molecule has 0 radical (unpaired) electrons. The van der Waals surface area contributed by atoms with E-state index in [1.165, 1.54) is 12.8 Å². The van der Waals surface area contributed by atoms with E-state index in [0.717, 1.165) is 16.8 Å². The standard InChI is InChI=1S/C12H18BrN3/c1-9-7-11(5-6-16(9)2)15-12-4-3-10(13)8-14-12/h3-4,8-9,11H,5-7H2,1-2H3,(H,14,15). The molecule has 2 atom stereocenters. The van der Waals surface area contributed by atoms with Gasteiger partial charge in [-0.15, -0.1) is 0 Å². The Bertz CT molecular complexity index is 339. The third-order valence-electron chi connectivity index (χ3n) is 3.29. The lowest BCUT2D eigenvalue weighted by Crippen LogP contribution is -2.42. The minimum Gasteiger partial charge on any atom is -0.367 e. The van der Waals surface area contributed by atoms with Gasteiger partial charge in [-0.1, -0.05) is 0 Å². The molecule has 0 aliphatic carbocycles. The third-order valence-corrected chi connectivity index (χ3v) is 3.76. The van der Waals surface area contributed by atoms with Gasteiger partial charge in [0.25, 0.3) is 0 Å². The minimum absolute atomic E-state index is 0.555. The molecule has 2 unspecified atom stereocenters. The molecule has 0 amide bonds. The van der Waals surface area contributed by atoms with Crippen molar-refractivity contribution in [1.29, 1.82) is 0 Å². The fourth-order valence-corrected chi connectivity index (χ4v) is 2.33. The Balaban J connectivity index is 1.93. The predicted octanol–water partition coefficient (Wildman–Crippen LogP) is 2.74. The number of hydrogen-bond donors (Lipinski definition) is 1. The van der Waals surface area contributed by atoms with Crippen LogP contribution in [-0.4, -0.2) is 35.6 Å². The van der Waals surface area contributed by atoms with Gasteiger partial charge in [-0.05, 0) is 54.9 Å². The van der Waals surface area contributed by atoms with E-state index in [1.54, 1.807) is 0 Å². The second kappa shape index (κ2) is 5.15. The highest BCUT2D eigenvalue weighted by Gasteiger charge is 2.22. The van der Waals surface area contributed by atoms with Crippen LogP contribution in [0.15, 0.2) is 22.8 Å². The lowest BCUT2D eigenvalue weighted by atomic mass is 9.99. The van der Waals surface area contributed by atoms with Gasteiger partial charge in [0, 0.05) is 29.3 Å². The summed E-state index contributed by atoms with van der Waals surface area (Å²) in [6.07, 6.45) is 4.22. The zero-order valence-electron chi connectivity index (χ0n) is 9.78. The van der Waals surface area contributed by atoms with Gasteiger partial charge in [-0.3, -0.25) is 0 Å². The summed E-state index contributed by atoms with van der Waals surface area (Å²) >= 11 is 3.39. The number of halogens is 1. The van der Waals surface area contributed by atoms with Crippen molar-refractivity contribution in [2.45, 2.75) is 31.8 Å². The highest BCUT2D eigenvalue weighted by molar-refractivity contribution is 9.10. The first-order valence-electron chi connectivity index (χ1n) is 5.73. The van der Waals surface area contributed by atoms with Crippen LogP contribution < -0.4 is 5.32 Å². The van der Waals surface area contributed by atoms with Crippen molar-refractivity contribution in [3.63, 3.8) is 0 Å². The molecular weight excluding hydrogens is 266 g/mol. The maximum Gasteiger partial charge on any atom is 0.126 e. The van der Waals surface area contributed by atoms with Crippen LogP contribution in [0, 0.1) is 0 Å². The van der Waals surface area contributed by atoms with Crippen molar-refractivity contribution in [2.75, 3.05) is 18.9 Å². The topological polar surface area (TPSA) is 28.2 Å². The second-order valence-electron chi connectivity index (χ2n) is 4.56. The number of rotatable bonds is 2. The molecule has 1 fully saturated rings. The molecule has 1 saturated heterocycles. The Hall–Kier alpha value is -0.610. The quantitative estimate of drug-likeness (QED) is 0.905. The summed E-state index contributed by atoms with van der Waals surface area (Å²) in [7, 11) is 2.19. The number of pyridine rings is 1. The lowest BCUT2D eigenvalue weighted by molar-refractivity contribution is 0.190. The van der Waals surface area contributed by atoms with Crippen LogP contribution in [0.1, 0.15) is 19.8 Å². The van der Waals surface area contributed by atoms with E-state index >= 15 is 0 Å². The van der Waals surface area contributed by atoms with Crippen molar-refractivity contribution in [3.05, 3.63) is 22.8 Å². The Morgan fingerprint density at radius 1 is 1.50 bits per heavy atom. The van der Waals surface area contributed by atoms with Crippen LogP contribution in [0.5, 0.6) is 0 Å². The monoisotopic (exact) mass is 283 g/mol. The molecule has 0 spiro atoms. The highest BCUT2D eigenvalue weighted by atomic mass is 79.9. The van der Waals surface area contributed by atoms with Gasteiger partial charge < -0.3 is 10.2 Å². The molecule has 1 N–H and O–H groups in total. The maximum absolute atomic E-state index is 4.34. The van der Waals surface area contributed by atoms with Crippen LogP contribution in [0.2, 0.25) is 0 Å². The number of hydrogen-bond acceptors (Lipinski definition) is 3. The molecule has 0 bridgehead atoms. The maximum atomic E-state index is 4.34. The van der Waals surface area contributed by atoms with Crippen molar-refractivity contribution < 1.29 is 0 Å². The normalized spacial score (nSPS) is 26.7. The van der Waals surface area contributed by atoms with E-state index in [2.05, 4.69) is 45.1 Å². The minimum atomic E-state index is 0.555. The molecule has 1 aliphatic rings. The number of nitrogens with zero attached hydrogens (tertiary/aromatic N) is 2. The smallest absolute Gasteiger partial charge is 0.126 e. The predicted molar refractivity (Wildman–Crippen MR) is 70.7 cm³/mol. The molecule has 4 heteroatoms. The molecule has 16 heavy (non-hydrogen) atoms. The first kappa shape index (κ1) is 11.9. The number of anilines is 1. The molecule has 1 aromatic heterocycles. The summed E-state index contributed by atoms with van der Waals surface area (Å²) in [6, 6.07) is 5.25. The van der Waals surface area contributed by atoms with Gasteiger partial charge in [0.1, 0.15) is 5.82 Å². The van der Waals surface area contributed by atoms with Gasteiger partial charge in [-0.2, -0.15) is 0 Å². The van der Waals surface area contributed by atoms with Crippen LogP contribution in [0.3, 0.4) is 0 Å². The second-order valence-corrected chi connectivity index (χ2v) is 5.47. The third kappa shape index (κ3) is 2.95. The van der Waals surface area contributed by atoms with Crippen LogP contribution in [0.4, 0.5) is 5.82 Å². The fraction of sp³-hybridized carbons (Fsp3) is 0.583. The van der Waals surface area contributed by atoms with Gasteiger partial charge in [0.2, 0.25) is 0 Å². The van der Waals surface area contributed by atoms with Crippen molar-refractivity contribution >= 4 is 21.7 Å². The first-order chi connectivity index (χ1) is 7.65. The fourth-order valence-electron chi connectivity index (χ4n) is 2.09. The van der Waals surface area contributed by atoms with Gasteiger partial charge in [0.15, 0.2) is 0 Å². The zero-order chi connectivity index (χ0) is 11.5. The van der Waals surface area contributed by atoms with E-state index in [9.17, 15) is 0 Å². The molecule has 1 aliphatic heterocycles. The lowest BCUT2D eigenvalue weighted by Gasteiger charge is -2.35. The Kier molecular flexibility index (Phi) is 3.82. The van der Waals surface area contributed by atoms with Gasteiger partial charge >= 0.3 is 0 Å². The van der Waals surface area contributed by atoms with Gasteiger partial charge in [0.05, 0.1) is 0 Å². The van der Waals surface area contributed by atoms with Crippen molar-refractivity contribution in [2.24, 2.45) is 0 Å². The number of aromatic nitrogens is 1. The average Bonchev–Trinajstić information content (AvgIpc) is 2.27. The van der Waals surface area contributed by atoms with Crippen molar-refractivity contribution in [3.8, 4) is 0 Å². The summed E-state index contributed by atoms with van der Waals surface area (Å²) in [5.74, 6) is 0.977. The van der Waals surface area contributed by atoms with Crippen LogP contribution in [-0.2, 0) is 0 Å². The molecule has 88 valence electrons. The Labute approximate surface area is 105 Å². The van der Waals surface area contributed by atoms with Gasteiger partial charge in [-0.25, -0.2) is 4.98 Å². The molecule has 0 saturated carbocycles. The number of likely N-dealkylation sites (tertiary alicyclic amines) is 1. The number of nitrogens with one attached hydrogen (secondary N) is 1. The molecule has 3 nitrogen and oxygen atoms in total. The molecule has 0 aromatic carbocycles. The SMILES string of the molecule is CC1CC(Nc2ccc(Br)cn2)CCN1C. The van der Waals surface area contributed by atoms with E-state index in [0.29, 0.717) is 12.1 Å². The molecule has 1 aromatic rings. The van der Waals surface area contributed by atoms with Crippen LogP contribution in [0.25, 0.3) is 0 Å². The van der Waals surface area contributed by atoms with E-state index < -0.39 is 0 Å². The van der Waals surface area contributed by atoms with Crippen LogP contribution >= 0.6 is 15.9 Å². The van der Waals surface area contributed by atoms with Crippen molar-refractivity contribution in [1.82, 2.24) is 9.88 Å². The zero-order valence-corrected chi connectivity index (χ0v) is 11.4. The summed E-state index contributed by atoms with van der Waals surface area (Å²) in [5, 5.41) is 3.50. The Morgan fingerprint density at radius 3 is 2.94 bits per heavy atom. The first-order valence-corrected chi connectivity index (χ1v) is 6.53. The average molecular weight is 284 g/mol. The largest absolute Gasteiger partial charge is 0.367 e. The molecular formula is C12H18BrN3.